The Labute approximate surface area is 510 Å². The fourth-order valence-electron chi connectivity index (χ4n) is 10.6. The fourth-order valence-corrected chi connectivity index (χ4v) is 10.6. The van der Waals surface area contributed by atoms with Gasteiger partial charge in [0, 0.05) is 0 Å². The van der Waals surface area contributed by atoms with E-state index in [2.05, 4.69) is 362 Å². The molecule has 0 saturated carbocycles. The third-order valence-corrected chi connectivity index (χ3v) is 15.6. The van der Waals surface area contributed by atoms with Gasteiger partial charge in [0.05, 0.1) is 0 Å². The van der Waals surface area contributed by atoms with Crippen LogP contribution in [0.3, 0.4) is 0 Å². The van der Waals surface area contributed by atoms with Crippen molar-refractivity contribution < 1.29 is 0 Å². The lowest BCUT2D eigenvalue weighted by atomic mass is 9.97. The first-order valence-electron chi connectivity index (χ1n) is 29.9. The quantitative estimate of drug-likeness (QED) is 0.161. The molecule has 0 atom stereocenters. The molecule has 424 valence electrons. The molecule has 0 heteroatoms. The molecule has 0 fully saturated rings. The molecule has 12 aromatic rings. The highest BCUT2D eigenvalue weighted by Gasteiger charge is 2.18. The Kier molecular flexibility index (Phi) is 22.0. The normalized spacial score (nSPS) is 10.5. The third kappa shape index (κ3) is 17.8. The number of hydrogen-bond acceptors (Lipinski definition) is 0. The largest absolute Gasteiger partial charge is 0.0620 e. The van der Waals surface area contributed by atoms with Gasteiger partial charge in [-0.15, -0.1) is 0 Å². The van der Waals surface area contributed by atoms with Gasteiger partial charge in [-0.1, -0.05) is 324 Å². The predicted octanol–water partition coefficient (Wildman–Crippen LogP) is 23.7. The molecule has 0 radical (unpaired) electrons. The van der Waals surface area contributed by atoms with Gasteiger partial charge in [0.2, 0.25) is 0 Å². The summed E-state index contributed by atoms with van der Waals surface area (Å²) in [4.78, 5) is 0. The Morgan fingerprint density at radius 3 is 0.788 bits per heavy atom. The van der Waals surface area contributed by atoms with Gasteiger partial charge in [0.25, 0.3) is 0 Å². The highest BCUT2D eigenvalue weighted by Crippen LogP contribution is 2.37. The smallest absolute Gasteiger partial charge is 0.00133 e. The minimum atomic E-state index is 1.11. The Morgan fingerprint density at radius 1 is 0.165 bits per heavy atom. The summed E-state index contributed by atoms with van der Waals surface area (Å²) in [7, 11) is 0. The van der Waals surface area contributed by atoms with E-state index in [0.29, 0.717) is 0 Å². The molecule has 0 aliphatic heterocycles. The van der Waals surface area contributed by atoms with Gasteiger partial charge >= 0.3 is 0 Å². The second kappa shape index (κ2) is 30.3. The van der Waals surface area contributed by atoms with E-state index in [1.165, 1.54) is 145 Å². The Hall–Kier alpha value is -9.36. The SMILES string of the molecule is Cc1ccc(-c2ccc(C)cc2)cc1.Cc1ccc(-c2cccc(C)c2)cc1.Cc1ccc(-c2ccccc2C)cc1.Cc1ccc2c(c1)Cc1cc(C)ccc1-2.Cc1cccc(-c2ccccc2C)c1.Cc1ccccc1-c1ccccc1C. The Morgan fingerprint density at radius 2 is 0.435 bits per heavy atom. The summed E-state index contributed by atoms with van der Waals surface area (Å²) in [5.74, 6) is 0. The first-order chi connectivity index (χ1) is 41.1. The lowest BCUT2D eigenvalue weighted by Gasteiger charge is -2.08. The van der Waals surface area contributed by atoms with Crippen LogP contribution in [-0.2, 0) is 6.42 Å². The third-order valence-electron chi connectivity index (χ3n) is 15.6. The molecule has 0 spiro atoms. The molecule has 0 nitrogen and oxygen atoms in total. The van der Waals surface area contributed by atoms with E-state index >= 15 is 0 Å². The van der Waals surface area contributed by atoms with E-state index in [1.807, 2.05) is 0 Å². The number of benzene rings is 12. The second-order valence-electron chi connectivity index (χ2n) is 23.0. The van der Waals surface area contributed by atoms with E-state index in [-0.39, 0.29) is 0 Å². The molecule has 1 aliphatic rings. The van der Waals surface area contributed by atoms with E-state index in [0.717, 1.165) is 6.42 Å². The molecule has 0 N–H and O–H groups in total. The van der Waals surface area contributed by atoms with E-state index < -0.39 is 0 Å². The van der Waals surface area contributed by atoms with Crippen molar-refractivity contribution in [2.24, 2.45) is 0 Å². The van der Waals surface area contributed by atoms with Gasteiger partial charge in [-0.05, 0) is 190 Å². The number of rotatable bonds is 5. The van der Waals surface area contributed by atoms with Crippen LogP contribution < -0.4 is 0 Å². The van der Waals surface area contributed by atoms with Crippen molar-refractivity contribution in [3.05, 3.63) is 357 Å². The van der Waals surface area contributed by atoms with Crippen LogP contribution in [0.2, 0.25) is 0 Å². The Balaban J connectivity index is 0.000000133. The van der Waals surface area contributed by atoms with Crippen LogP contribution in [0.15, 0.2) is 279 Å². The molecule has 12 aromatic carbocycles. The van der Waals surface area contributed by atoms with Gasteiger partial charge in [0.1, 0.15) is 0 Å². The lowest BCUT2D eigenvalue weighted by molar-refractivity contribution is 1.24. The minimum absolute atomic E-state index is 1.11. The topological polar surface area (TPSA) is 0 Å². The predicted molar refractivity (Wildman–Crippen MR) is 371 cm³/mol. The molecular weight excluding hydrogens is 1020 g/mol. The standard InChI is InChI=1S/C15H14.5C14H14/c1-10-3-5-14-12(7-10)9-13-8-11(2)4-6-15(13)14;1-11-3-7-13(8-4-11)14-9-5-12(2)6-10-14;1-11-7-3-5-9-13(11)14-10-6-4-8-12(14)2;1-11-6-5-8-13(10-11)14-9-4-3-7-12(14)2;1-11-6-8-13(9-7-11)14-5-3-4-12(2)10-14;1-11-7-9-13(10-8-11)14-6-4-3-5-12(14)2/h3-8H,9H2,1-2H3;5*3-10H,1-2H3. The van der Waals surface area contributed by atoms with Gasteiger partial charge in [0.15, 0.2) is 0 Å². The molecule has 0 heterocycles. The second-order valence-corrected chi connectivity index (χ2v) is 23.0. The summed E-state index contributed by atoms with van der Waals surface area (Å²) < 4.78 is 0. The minimum Gasteiger partial charge on any atom is -0.0620 e. The van der Waals surface area contributed by atoms with Crippen molar-refractivity contribution in [3.8, 4) is 66.8 Å². The highest BCUT2D eigenvalue weighted by molar-refractivity contribution is 5.77. The first kappa shape index (κ1) is 61.7. The van der Waals surface area contributed by atoms with Crippen LogP contribution in [0, 0.1) is 83.1 Å². The molecule has 0 bridgehead atoms. The molecule has 0 unspecified atom stereocenters. The maximum absolute atomic E-state index is 2.31. The van der Waals surface area contributed by atoms with Crippen molar-refractivity contribution >= 4 is 0 Å². The van der Waals surface area contributed by atoms with E-state index in [4.69, 9.17) is 0 Å². The zero-order valence-corrected chi connectivity index (χ0v) is 52.3. The van der Waals surface area contributed by atoms with Gasteiger partial charge < -0.3 is 0 Å². The van der Waals surface area contributed by atoms with Crippen LogP contribution in [-0.4, -0.2) is 0 Å². The van der Waals surface area contributed by atoms with Crippen LogP contribution in [0.4, 0.5) is 0 Å². The monoisotopic (exact) mass is 1100 g/mol. The first-order valence-corrected chi connectivity index (χ1v) is 29.9. The molecule has 85 heavy (non-hydrogen) atoms. The summed E-state index contributed by atoms with van der Waals surface area (Å²) >= 11 is 0. The van der Waals surface area contributed by atoms with Gasteiger partial charge in [-0.25, -0.2) is 0 Å². The zero-order valence-electron chi connectivity index (χ0n) is 52.3. The van der Waals surface area contributed by atoms with Crippen molar-refractivity contribution in [2.45, 2.75) is 89.5 Å². The van der Waals surface area contributed by atoms with E-state index in [1.54, 1.807) is 0 Å². The fraction of sp³-hybridized carbons (Fsp3) is 0.153. The number of fused-ring (bicyclic) bond motifs is 3. The average Bonchev–Trinajstić information content (AvgIpc) is 3.32. The molecule has 0 aromatic heterocycles. The summed E-state index contributed by atoms with van der Waals surface area (Å²) in [6.45, 7) is 25.6. The number of aryl methyl sites for hydroxylation is 12. The highest BCUT2D eigenvalue weighted by atomic mass is 14.2. The lowest BCUT2D eigenvalue weighted by Crippen LogP contribution is -1.85. The molecule has 1 aliphatic carbocycles. The van der Waals surface area contributed by atoms with Crippen LogP contribution >= 0.6 is 0 Å². The van der Waals surface area contributed by atoms with Gasteiger partial charge in [-0.3, -0.25) is 0 Å². The maximum Gasteiger partial charge on any atom is -0.00133 e. The van der Waals surface area contributed by atoms with Crippen molar-refractivity contribution in [1.29, 1.82) is 0 Å². The molecule has 0 amide bonds. The summed E-state index contributed by atoms with van der Waals surface area (Å²) in [5, 5.41) is 0. The summed E-state index contributed by atoms with van der Waals surface area (Å²) in [6.07, 6.45) is 1.11. The van der Waals surface area contributed by atoms with Crippen molar-refractivity contribution in [2.75, 3.05) is 0 Å². The number of hydrogen-bond donors (Lipinski definition) is 0. The van der Waals surface area contributed by atoms with E-state index in [9.17, 15) is 0 Å². The van der Waals surface area contributed by atoms with Crippen molar-refractivity contribution in [1.82, 2.24) is 0 Å². The zero-order chi connectivity index (χ0) is 60.2. The average molecular weight is 1110 g/mol. The summed E-state index contributed by atoms with van der Waals surface area (Å²) in [5.41, 5.74) is 34.8. The summed E-state index contributed by atoms with van der Waals surface area (Å²) in [6, 6.07) is 99.3. The maximum atomic E-state index is 2.31. The van der Waals surface area contributed by atoms with Crippen molar-refractivity contribution in [3.63, 3.8) is 0 Å². The van der Waals surface area contributed by atoms with Crippen LogP contribution in [0.1, 0.15) is 77.9 Å². The molecule has 0 saturated heterocycles. The Bertz CT molecular complexity index is 3920. The molecular formula is C85H84. The van der Waals surface area contributed by atoms with Gasteiger partial charge in [-0.2, -0.15) is 0 Å². The van der Waals surface area contributed by atoms with Crippen LogP contribution in [0.25, 0.3) is 66.8 Å². The van der Waals surface area contributed by atoms with Crippen LogP contribution in [0.5, 0.6) is 0 Å². The molecule has 13 rings (SSSR count).